The molecule has 2 rings (SSSR count). The molecule has 82 valence electrons. The summed E-state index contributed by atoms with van der Waals surface area (Å²) >= 11 is 0. The van der Waals surface area contributed by atoms with E-state index in [-0.39, 0.29) is 0 Å². The van der Waals surface area contributed by atoms with Crippen LogP contribution in [0.3, 0.4) is 0 Å². The van der Waals surface area contributed by atoms with Crippen LogP contribution in [0.25, 0.3) is 0 Å². The van der Waals surface area contributed by atoms with E-state index in [2.05, 4.69) is 38.1 Å². The molecule has 1 nitrogen and oxygen atoms in total. The summed E-state index contributed by atoms with van der Waals surface area (Å²) in [6.07, 6.45) is 3.73. The van der Waals surface area contributed by atoms with Gasteiger partial charge in [-0.15, -0.1) is 0 Å². The molecule has 0 saturated carbocycles. The van der Waals surface area contributed by atoms with Gasteiger partial charge in [-0.2, -0.15) is 0 Å². The minimum Gasteiger partial charge on any atom is -0.389 e. The number of rotatable bonds is 3. The van der Waals surface area contributed by atoms with E-state index >= 15 is 0 Å². The molecular formula is C14H20O. The quantitative estimate of drug-likeness (QED) is 0.802. The van der Waals surface area contributed by atoms with Crippen molar-refractivity contribution in [1.29, 1.82) is 0 Å². The summed E-state index contributed by atoms with van der Waals surface area (Å²) in [6, 6.07) is 8.41. The van der Waals surface area contributed by atoms with Crippen molar-refractivity contribution < 1.29 is 5.11 Å². The second-order valence-corrected chi connectivity index (χ2v) is 5.28. The maximum absolute atomic E-state index is 10.5. The van der Waals surface area contributed by atoms with Crippen LogP contribution >= 0.6 is 0 Å². The lowest BCUT2D eigenvalue weighted by Crippen LogP contribution is -2.29. The van der Waals surface area contributed by atoms with Crippen molar-refractivity contribution in [3.05, 3.63) is 35.4 Å². The fourth-order valence-electron chi connectivity index (χ4n) is 2.41. The molecule has 1 aliphatic rings. The fourth-order valence-corrected chi connectivity index (χ4v) is 2.41. The van der Waals surface area contributed by atoms with Gasteiger partial charge in [-0.25, -0.2) is 0 Å². The van der Waals surface area contributed by atoms with Crippen molar-refractivity contribution in [3.63, 3.8) is 0 Å². The number of hydrogen-bond donors (Lipinski definition) is 1. The molecule has 1 heteroatoms. The van der Waals surface area contributed by atoms with Gasteiger partial charge in [0, 0.05) is 12.8 Å². The first-order valence-corrected chi connectivity index (χ1v) is 5.88. The smallest absolute Gasteiger partial charge is 0.0728 e. The normalized spacial score (nSPS) is 18.1. The minimum absolute atomic E-state index is 0.464. The molecule has 0 aliphatic heterocycles. The van der Waals surface area contributed by atoms with Gasteiger partial charge in [0.2, 0.25) is 0 Å². The van der Waals surface area contributed by atoms with Crippen molar-refractivity contribution in [1.82, 2.24) is 0 Å². The number of hydrogen-bond acceptors (Lipinski definition) is 1. The zero-order valence-corrected chi connectivity index (χ0v) is 9.66. The Morgan fingerprint density at radius 2 is 1.73 bits per heavy atom. The summed E-state index contributed by atoms with van der Waals surface area (Å²) in [5.41, 5.74) is 2.21. The van der Waals surface area contributed by atoms with Crippen LogP contribution in [-0.2, 0) is 12.8 Å². The fraction of sp³-hybridized carbons (Fsp3) is 0.571. The van der Waals surface area contributed by atoms with E-state index in [9.17, 15) is 5.11 Å². The van der Waals surface area contributed by atoms with E-state index in [4.69, 9.17) is 0 Å². The second kappa shape index (κ2) is 3.97. The zero-order chi connectivity index (χ0) is 10.9. The van der Waals surface area contributed by atoms with Gasteiger partial charge >= 0.3 is 0 Å². The lowest BCUT2D eigenvalue weighted by Gasteiger charge is -2.23. The third kappa shape index (κ3) is 2.40. The van der Waals surface area contributed by atoms with Crippen molar-refractivity contribution in [2.24, 2.45) is 5.92 Å². The van der Waals surface area contributed by atoms with E-state index < -0.39 is 5.60 Å². The SMILES string of the molecule is CC(C)CCC1(O)Cc2ccccc2C1. The van der Waals surface area contributed by atoms with Gasteiger partial charge in [-0.3, -0.25) is 0 Å². The largest absolute Gasteiger partial charge is 0.389 e. The Morgan fingerprint density at radius 1 is 1.20 bits per heavy atom. The summed E-state index contributed by atoms with van der Waals surface area (Å²) < 4.78 is 0. The Balaban J connectivity index is 2.04. The van der Waals surface area contributed by atoms with Crippen LogP contribution in [0, 0.1) is 5.92 Å². The zero-order valence-electron chi connectivity index (χ0n) is 9.66. The van der Waals surface area contributed by atoms with Gasteiger partial charge in [0.1, 0.15) is 0 Å². The Morgan fingerprint density at radius 3 is 2.20 bits per heavy atom. The van der Waals surface area contributed by atoms with Crippen LogP contribution in [0.5, 0.6) is 0 Å². The molecule has 1 aliphatic carbocycles. The summed E-state index contributed by atoms with van der Waals surface area (Å²) in [5, 5.41) is 10.5. The van der Waals surface area contributed by atoms with Crippen molar-refractivity contribution in [2.45, 2.75) is 45.1 Å². The summed E-state index contributed by atoms with van der Waals surface area (Å²) in [4.78, 5) is 0. The molecule has 0 fully saturated rings. The molecule has 0 atom stereocenters. The lowest BCUT2D eigenvalue weighted by molar-refractivity contribution is 0.0370. The molecule has 0 aromatic heterocycles. The van der Waals surface area contributed by atoms with Crippen LogP contribution < -0.4 is 0 Å². The molecule has 1 aromatic carbocycles. The van der Waals surface area contributed by atoms with Gasteiger partial charge in [0.15, 0.2) is 0 Å². The van der Waals surface area contributed by atoms with Crippen LogP contribution in [0.15, 0.2) is 24.3 Å². The molecule has 0 bridgehead atoms. The molecule has 0 spiro atoms. The molecule has 0 saturated heterocycles. The molecular weight excluding hydrogens is 184 g/mol. The highest BCUT2D eigenvalue weighted by molar-refractivity contribution is 5.35. The Hall–Kier alpha value is -0.820. The highest BCUT2D eigenvalue weighted by Gasteiger charge is 2.34. The molecule has 1 N–H and O–H groups in total. The number of benzene rings is 1. The summed E-state index contributed by atoms with van der Waals surface area (Å²) in [5.74, 6) is 0.678. The van der Waals surface area contributed by atoms with Gasteiger partial charge in [-0.05, 0) is 29.9 Å². The molecule has 0 radical (unpaired) electrons. The van der Waals surface area contributed by atoms with E-state index in [0.29, 0.717) is 5.92 Å². The van der Waals surface area contributed by atoms with Crippen LogP contribution in [0.1, 0.15) is 37.8 Å². The first-order valence-electron chi connectivity index (χ1n) is 5.88. The van der Waals surface area contributed by atoms with Crippen molar-refractivity contribution in [3.8, 4) is 0 Å². The average molecular weight is 204 g/mol. The predicted molar refractivity (Wildman–Crippen MR) is 62.9 cm³/mol. The van der Waals surface area contributed by atoms with Gasteiger partial charge in [0.05, 0.1) is 5.60 Å². The lowest BCUT2D eigenvalue weighted by atomic mass is 9.91. The second-order valence-electron chi connectivity index (χ2n) is 5.28. The molecule has 0 unspecified atom stereocenters. The molecule has 15 heavy (non-hydrogen) atoms. The monoisotopic (exact) mass is 204 g/mol. The van der Waals surface area contributed by atoms with Crippen molar-refractivity contribution >= 4 is 0 Å². The Bertz CT molecular complexity index is 316. The van der Waals surface area contributed by atoms with Gasteiger partial charge in [-0.1, -0.05) is 38.1 Å². The topological polar surface area (TPSA) is 20.2 Å². The van der Waals surface area contributed by atoms with E-state index in [1.54, 1.807) is 0 Å². The molecule has 1 aromatic rings. The van der Waals surface area contributed by atoms with Gasteiger partial charge < -0.3 is 5.11 Å². The van der Waals surface area contributed by atoms with Crippen LogP contribution in [-0.4, -0.2) is 10.7 Å². The number of aliphatic hydroxyl groups is 1. The Labute approximate surface area is 92.1 Å². The molecule has 0 heterocycles. The Kier molecular flexibility index (Phi) is 2.83. The highest BCUT2D eigenvalue weighted by Crippen LogP contribution is 2.33. The van der Waals surface area contributed by atoms with E-state index in [0.717, 1.165) is 25.7 Å². The van der Waals surface area contributed by atoms with E-state index in [1.807, 2.05) is 0 Å². The number of fused-ring (bicyclic) bond motifs is 1. The third-order valence-corrected chi connectivity index (χ3v) is 3.34. The average Bonchev–Trinajstić information content (AvgIpc) is 2.52. The first kappa shape index (κ1) is 10.7. The standard InChI is InChI=1S/C14H20O/c1-11(2)7-8-14(15)9-12-5-3-4-6-13(12)10-14/h3-6,11,15H,7-10H2,1-2H3. The maximum Gasteiger partial charge on any atom is 0.0728 e. The van der Waals surface area contributed by atoms with Crippen LogP contribution in [0.4, 0.5) is 0 Å². The first-order chi connectivity index (χ1) is 7.09. The van der Waals surface area contributed by atoms with E-state index in [1.165, 1.54) is 11.1 Å². The van der Waals surface area contributed by atoms with Crippen LogP contribution in [0.2, 0.25) is 0 Å². The molecule has 0 amide bonds. The van der Waals surface area contributed by atoms with Crippen molar-refractivity contribution in [2.75, 3.05) is 0 Å². The summed E-state index contributed by atoms with van der Waals surface area (Å²) in [6.45, 7) is 4.43. The maximum atomic E-state index is 10.5. The predicted octanol–water partition coefficient (Wildman–Crippen LogP) is 2.95. The summed E-state index contributed by atoms with van der Waals surface area (Å²) in [7, 11) is 0. The minimum atomic E-state index is -0.464. The van der Waals surface area contributed by atoms with Gasteiger partial charge in [0.25, 0.3) is 0 Å². The third-order valence-electron chi connectivity index (χ3n) is 3.34. The highest BCUT2D eigenvalue weighted by atomic mass is 16.3.